The van der Waals surface area contributed by atoms with E-state index in [1.807, 2.05) is 0 Å². The van der Waals surface area contributed by atoms with E-state index in [0.717, 1.165) is 7.11 Å². The van der Waals surface area contributed by atoms with Crippen molar-refractivity contribution in [2.75, 3.05) is 18.8 Å². The molecule has 0 spiro atoms. The summed E-state index contributed by atoms with van der Waals surface area (Å²) in [6, 6.07) is 9.12. The predicted molar refractivity (Wildman–Crippen MR) is 94.7 cm³/mol. The van der Waals surface area contributed by atoms with Gasteiger partial charge >= 0.3 is 6.09 Å². The van der Waals surface area contributed by atoms with Gasteiger partial charge in [0.25, 0.3) is 6.43 Å². The van der Waals surface area contributed by atoms with Crippen LogP contribution in [-0.2, 0) is 11.3 Å². The van der Waals surface area contributed by atoms with Crippen molar-refractivity contribution in [1.82, 2.24) is 0 Å². The molecule has 8 heteroatoms. The van der Waals surface area contributed by atoms with Crippen LogP contribution in [0.1, 0.15) is 30.0 Å². The number of rotatable bonds is 7. The van der Waals surface area contributed by atoms with Crippen molar-refractivity contribution in [3.63, 3.8) is 0 Å². The molecule has 1 N–H and O–H groups in total. The molecule has 0 aliphatic carbocycles. The first-order valence-electron chi connectivity index (χ1n) is 8.22. The third-order valence-corrected chi connectivity index (χ3v) is 3.76. The van der Waals surface area contributed by atoms with Crippen LogP contribution in [0.4, 0.5) is 19.3 Å². The lowest BCUT2D eigenvalue weighted by Gasteiger charge is -2.20. The average molecular weight is 381 g/mol. The van der Waals surface area contributed by atoms with Gasteiger partial charge in [-0.1, -0.05) is 17.7 Å². The number of benzene rings is 2. The van der Waals surface area contributed by atoms with Gasteiger partial charge in [-0.2, -0.15) is 5.06 Å². The second-order valence-electron chi connectivity index (χ2n) is 5.60. The Morgan fingerprint density at radius 3 is 2.56 bits per heavy atom. The number of methoxy groups -OCH3 is 1. The number of hydrogen-bond donors (Lipinski definition) is 1. The quantitative estimate of drug-likeness (QED) is 0.547. The molecular weight excluding hydrogens is 360 g/mol. The SMILES string of the molecule is CCOc1cccc(N(O)C(=O)OC)c1COc1ccc(C)cc1C(F)F. The number of carbonyl (C=O) groups is 1. The number of anilines is 1. The van der Waals surface area contributed by atoms with Crippen LogP contribution in [0.3, 0.4) is 0 Å². The fourth-order valence-corrected chi connectivity index (χ4v) is 2.49. The Labute approximate surface area is 155 Å². The number of amides is 1. The molecular formula is C19H21F2NO5. The van der Waals surface area contributed by atoms with Crippen molar-refractivity contribution in [3.05, 3.63) is 53.1 Å². The van der Waals surface area contributed by atoms with Gasteiger partial charge in [0.15, 0.2) is 0 Å². The van der Waals surface area contributed by atoms with E-state index in [1.165, 1.54) is 18.2 Å². The zero-order valence-corrected chi connectivity index (χ0v) is 15.2. The molecule has 0 aromatic heterocycles. The number of ether oxygens (including phenoxy) is 3. The van der Waals surface area contributed by atoms with Gasteiger partial charge in [0, 0.05) is 0 Å². The summed E-state index contributed by atoms with van der Waals surface area (Å²) in [5.74, 6) is 0.360. The van der Waals surface area contributed by atoms with E-state index in [4.69, 9.17) is 9.47 Å². The second-order valence-corrected chi connectivity index (χ2v) is 5.60. The summed E-state index contributed by atoms with van der Waals surface area (Å²) in [6.07, 6.45) is -3.71. The van der Waals surface area contributed by atoms with Gasteiger partial charge in [0.2, 0.25) is 0 Å². The van der Waals surface area contributed by atoms with Gasteiger partial charge in [0.1, 0.15) is 18.1 Å². The maximum absolute atomic E-state index is 13.3. The third-order valence-electron chi connectivity index (χ3n) is 3.76. The number of hydroxylamine groups is 1. The standard InChI is InChI=1S/C19H21F2NO5/c1-4-26-16-7-5-6-15(22(24)19(23)25-3)14(16)11-27-17-9-8-12(2)10-13(17)18(20)21/h5-10,18,24H,4,11H2,1-3H3. The van der Waals surface area contributed by atoms with Crippen molar-refractivity contribution in [3.8, 4) is 11.5 Å². The number of carbonyl (C=O) groups excluding carboxylic acids is 1. The summed E-state index contributed by atoms with van der Waals surface area (Å²) in [5, 5.41) is 10.4. The maximum Gasteiger partial charge on any atom is 0.438 e. The zero-order valence-electron chi connectivity index (χ0n) is 15.2. The van der Waals surface area contributed by atoms with Crippen molar-refractivity contribution in [2.24, 2.45) is 0 Å². The van der Waals surface area contributed by atoms with E-state index < -0.39 is 12.5 Å². The molecule has 1 amide bonds. The van der Waals surface area contributed by atoms with Crippen LogP contribution in [0, 0.1) is 6.92 Å². The monoisotopic (exact) mass is 381 g/mol. The second kappa shape index (κ2) is 9.18. The van der Waals surface area contributed by atoms with E-state index in [-0.39, 0.29) is 23.6 Å². The average Bonchev–Trinajstić information content (AvgIpc) is 2.66. The van der Waals surface area contributed by atoms with Crippen LogP contribution in [0.2, 0.25) is 0 Å². The molecule has 2 aromatic rings. The fraction of sp³-hybridized carbons (Fsp3) is 0.316. The summed E-state index contributed by atoms with van der Waals surface area (Å²) in [4.78, 5) is 11.7. The number of hydrogen-bond acceptors (Lipinski definition) is 5. The topological polar surface area (TPSA) is 68.2 Å². The molecule has 0 bridgehead atoms. The van der Waals surface area contributed by atoms with E-state index in [1.54, 1.807) is 32.0 Å². The van der Waals surface area contributed by atoms with Crippen LogP contribution < -0.4 is 14.5 Å². The highest BCUT2D eigenvalue weighted by Gasteiger charge is 2.22. The highest BCUT2D eigenvalue weighted by molar-refractivity contribution is 5.86. The lowest BCUT2D eigenvalue weighted by atomic mass is 10.1. The van der Waals surface area contributed by atoms with Crippen LogP contribution in [0.5, 0.6) is 11.5 Å². The summed E-state index contributed by atoms with van der Waals surface area (Å²) in [7, 11) is 1.12. The fourth-order valence-electron chi connectivity index (χ4n) is 2.49. The molecule has 0 aliphatic heterocycles. The minimum atomic E-state index is -2.70. The smallest absolute Gasteiger partial charge is 0.438 e. The van der Waals surface area contributed by atoms with Gasteiger partial charge in [-0.3, -0.25) is 5.21 Å². The third kappa shape index (κ3) is 4.85. The number of nitrogens with zero attached hydrogens (tertiary/aromatic N) is 1. The summed E-state index contributed by atoms with van der Waals surface area (Å²) in [5.41, 5.74) is 0.825. The highest BCUT2D eigenvalue weighted by atomic mass is 19.3. The van der Waals surface area contributed by atoms with E-state index in [2.05, 4.69) is 4.74 Å². The summed E-state index contributed by atoms with van der Waals surface area (Å²) >= 11 is 0. The van der Waals surface area contributed by atoms with Crippen molar-refractivity contribution < 1.29 is 33.0 Å². The maximum atomic E-state index is 13.3. The van der Waals surface area contributed by atoms with Gasteiger partial charge in [0.05, 0.1) is 30.5 Å². The first-order valence-corrected chi connectivity index (χ1v) is 8.22. The van der Waals surface area contributed by atoms with Crippen LogP contribution in [0.15, 0.2) is 36.4 Å². The van der Waals surface area contributed by atoms with E-state index in [0.29, 0.717) is 28.5 Å². The lowest BCUT2D eigenvalue weighted by Crippen LogP contribution is -2.28. The van der Waals surface area contributed by atoms with Gasteiger partial charge < -0.3 is 14.2 Å². The summed E-state index contributed by atoms with van der Waals surface area (Å²) in [6.45, 7) is 3.59. The normalized spacial score (nSPS) is 10.6. The highest BCUT2D eigenvalue weighted by Crippen LogP contribution is 2.34. The molecule has 0 heterocycles. The van der Waals surface area contributed by atoms with Gasteiger partial charge in [-0.05, 0) is 38.1 Å². The number of halogens is 2. The Hall–Kier alpha value is -2.87. The first-order chi connectivity index (χ1) is 12.9. The molecule has 2 rings (SSSR count). The summed E-state index contributed by atoms with van der Waals surface area (Å²) < 4.78 is 42.2. The Morgan fingerprint density at radius 2 is 1.93 bits per heavy atom. The molecule has 0 radical (unpaired) electrons. The molecule has 0 saturated heterocycles. The number of alkyl halides is 2. The van der Waals surface area contributed by atoms with Gasteiger partial charge in [-0.25, -0.2) is 13.6 Å². The molecule has 0 atom stereocenters. The Balaban J connectivity index is 2.38. The molecule has 0 aliphatic rings. The van der Waals surface area contributed by atoms with E-state index >= 15 is 0 Å². The lowest BCUT2D eigenvalue weighted by molar-refractivity contribution is 0.140. The molecule has 0 saturated carbocycles. The molecule has 0 unspecified atom stereocenters. The Bertz CT molecular complexity index is 798. The molecule has 27 heavy (non-hydrogen) atoms. The molecule has 2 aromatic carbocycles. The largest absolute Gasteiger partial charge is 0.493 e. The van der Waals surface area contributed by atoms with Crippen molar-refractivity contribution >= 4 is 11.8 Å². The zero-order chi connectivity index (χ0) is 20.0. The number of aryl methyl sites for hydroxylation is 1. The predicted octanol–water partition coefficient (Wildman–Crippen LogP) is 4.87. The van der Waals surface area contributed by atoms with Crippen LogP contribution >= 0.6 is 0 Å². The van der Waals surface area contributed by atoms with E-state index in [9.17, 15) is 18.8 Å². The van der Waals surface area contributed by atoms with Crippen LogP contribution in [-0.4, -0.2) is 25.0 Å². The molecule has 0 fully saturated rings. The minimum Gasteiger partial charge on any atom is -0.493 e. The van der Waals surface area contributed by atoms with Crippen molar-refractivity contribution in [2.45, 2.75) is 26.9 Å². The van der Waals surface area contributed by atoms with Gasteiger partial charge in [-0.15, -0.1) is 0 Å². The Morgan fingerprint density at radius 1 is 1.19 bits per heavy atom. The van der Waals surface area contributed by atoms with Crippen LogP contribution in [0.25, 0.3) is 0 Å². The molecule has 146 valence electrons. The van der Waals surface area contributed by atoms with Crippen molar-refractivity contribution in [1.29, 1.82) is 0 Å². The minimum absolute atomic E-state index is 0.00964. The molecule has 6 nitrogen and oxygen atoms in total. The first kappa shape index (κ1) is 20.4. The Kier molecular flexibility index (Phi) is 6.95.